The van der Waals surface area contributed by atoms with E-state index < -0.39 is 38.0 Å². The number of hydrogen-bond donors (Lipinski definition) is 1. The van der Waals surface area contributed by atoms with Crippen LogP contribution in [0.2, 0.25) is 10.2 Å². The van der Waals surface area contributed by atoms with Gasteiger partial charge in [-0.3, -0.25) is 9.59 Å². The van der Waals surface area contributed by atoms with Crippen LogP contribution in [-0.4, -0.2) is 53.5 Å². The van der Waals surface area contributed by atoms with E-state index in [1.807, 2.05) is 0 Å². The highest BCUT2D eigenvalue weighted by atomic mass is 35.5. The lowest BCUT2D eigenvalue weighted by Crippen LogP contribution is -2.51. The first-order chi connectivity index (χ1) is 16.6. The lowest BCUT2D eigenvalue weighted by molar-refractivity contribution is -0.140. The molecule has 0 bridgehead atoms. The van der Waals surface area contributed by atoms with Gasteiger partial charge in [0, 0.05) is 12.7 Å². The number of likely N-dealkylation sites (tertiary alicyclic amines) is 1. The molecule has 2 amide bonds. The predicted molar refractivity (Wildman–Crippen MR) is 128 cm³/mol. The van der Waals surface area contributed by atoms with Crippen molar-refractivity contribution in [2.24, 2.45) is 0 Å². The number of carbonyl (C=O) groups is 2. The van der Waals surface area contributed by atoms with Crippen LogP contribution in [-0.2, 0) is 24.8 Å². The molecular formula is C24H22Cl2N4O4S. The summed E-state index contributed by atoms with van der Waals surface area (Å²) in [4.78, 5) is 32.6. The molecule has 1 saturated heterocycles. The number of benzene rings is 1. The van der Waals surface area contributed by atoms with Gasteiger partial charge in [0.1, 0.15) is 16.7 Å². The Bertz CT molecular complexity index is 1350. The zero-order valence-electron chi connectivity index (χ0n) is 18.6. The van der Waals surface area contributed by atoms with Gasteiger partial charge in [0.15, 0.2) is 9.84 Å². The van der Waals surface area contributed by atoms with Crippen molar-refractivity contribution in [3.63, 3.8) is 0 Å². The number of sulfone groups is 1. The van der Waals surface area contributed by atoms with Gasteiger partial charge < -0.3 is 10.2 Å². The molecule has 0 radical (unpaired) electrons. The highest BCUT2D eigenvalue weighted by Gasteiger charge is 2.58. The number of nitrogens with zero attached hydrogens (tertiary/aromatic N) is 3. The van der Waals surface area contributed by atoms with E-state index in [2.05, 4.69) is 16.4 Å². The number of nitrogens with one attached hydrogen (secondary N) is 1. The van der Waals surface area contributed by atoms with Gasteiger partial charge in [-0.25, -0.2) is 13.4 Å². The first-order valence-electron chi connectivity index (χ1n) is 11.3. The topological polar surface area (TPSA) is 120 Å². The molecule has 2 aliphatic carbocycles. The standard InChI is InChI=1S/C24H22Cl2N4O4S/c25-17-3-1-2-4-19(17)35(33,34)16-11-18(21(31)29-23(14-27)7-8-23)30(13-16)22(32)24(9-10-24)15-5-6-20(26)28-12-15/h1-6,12,16,18H,7-11,13H2,(H,29,31)/t16-,18+/m1/s1. The highest BCUT2D eigenvalue weighted by Crippen LogP contribution is 2.51. The van der Waals surface area contributed by atoms with Crippen LogP contribution in [0.25, 0.3) is 0 Å². The highest BCUT2D eigenvalue weighted by molar-refractivity contribution is 7.92. The fraction of sp³-hybridized carbons (Fsp3) is 0.417. The molecule has 3 aliphatic rings. The number of hydrogen-bond acceptors (Lipinski definition) is 6. The number of nitriles is 1. The van der Waals surface area contributed by atoms with E-state index in [9.17, 15) is 23.3 Å². The quantitative estimate of drug-likeness (QED) is 0.570. The molecule has 3 fully saturated rings. The third-order valence-corrected chi connectivity index (χ3v) is 10.0. The van der Waals surface area contributed by atoms with Crippen molar-refractivity contribution in [3.8, 4) is 6.07 Å². The van der Waals surface area contributed by atoms with Crippen molar-refractivity contribution >= 4 is 44.9 Å². The lowest BCUT2D eigenvalue weighted by atomic mass is 9.95. The van der Waals surface area contributed by atoms with E-state index >= 15 is 0 Å². The van der Waals surface area contributed by atoms with Gasteiger partial charge in [0.05, 0.1) is 26.7 Å². The first kappa shape index (κ1) is 24.0. The second-order valence-corrected chi connectivity index (χ2v) is 12.4. The van der Waals surface area contributed by atoms with Crippen LogP contribution in [0.4, 0.5) is 0 Å². The lowest BCUT2D eigenvalue weighted by Gasteiger charge is -2.29. The Morgan fingerprint density at radius 1 is 1.11 bits per heavy atom. The van der Waals surface area contributed by atoms with E-state index in [-0.39, 0.29) is 28.8 Å². The molecular weight excluding hydrogens is 511 g/mol. The maximum absolute atomic E-state index is 13.9. The van der Waals surface area contributed by atoms with E-state index in [4.69, 9.17) is 23.2 Å². The average Bonchev–Trinajstić information content (AvgIpc) is 3.76. The van der Waals surface area contributed by atoms with Crippen LogP contribution in [0.3, 0.4) is 0 Å². The van der Waals surface area contributed by atoms with Crippen molar-refractivity contribution < 1.29 is 18.0 Å². The molecule has 0 spiro atoms. The second-order valence-electron chi connectivity index (χ2n) is 9.44. The molecule has 8 nitrogen and oxygen atoms in total. The Balaban J connectivity index is 1.48. The Kier molecular flexibility index (Phi) is 5.82. The van der Waals surface area contributed by atoms with Crippen molar-refractivity contribution in [1.82, 2.24) is 15.2 Å². The van der Waals surface area contributed by atoms with E-state index in [1.165, 1.54) is 17.0 Å². The summed E-state index contributed by atoms with van der Waals surface area (Å²) in [5.41, 5.74) is -1.13. The summed E-state index contributed by atoms with van der Waals surface area (Å²) in [6.07, 6.45) is 3.64. The van der Waals surface area contributed by atoms with Crippen molar-refractivity contribution in [2.75, 3.05) is 6.54 Å². The van der Waals surface area contributed by atoms with Crippen LogP contribution in [0.5, 0.6) is 0 Å². The molecule has 11 heteroatoms. The Hall–Kier alpha value is -2.67. The fourth-order valence-electron chi connectivity index (χ4n) is 4.74. The number of aromatic nitrogens is 1. The van der Waals surface area contributed by atoms with E-state index in [0.717, 1.165) is 0 Å². The van der Waals surface area contributed by atoms with Gasteiger partial charge in [-0.15, -0.1) is 0 Å². The average molecular weight is 533 g/mol. The molecule has 0 unspecified atom stereocenters. The zero-order valence-corrected chi connectivity index (χ0v) is 20.9. The molecule has 35 heavy (non-hydrogen) atoms. The Morgan fingerprint density at radius 3 is 2.40 bits per heavy atom. The summed E-state index contributed by atoms with van der Waals surface area (Å²) in [6.45, 7) is -0.146. The number of carbonyl (C=O) groups excluding carboxylic acids is 2. The Labute approximate surface area is 213 Å². The third-order valence-electron chi connectivity index (χ3n) is 7.17. The molecule has 1 aromatic carbocycles. The van der Waals surface area contributed by atoms with Crippen LogP contribution in [0.1, 0.15) is 37.7 Å². The zero-order chi connectivity index (χ0) is 25.0. The van der Waals surface area contributed by atoms with E-state index in [0.29, 0.717) is 36.4 Å². The summed E-state index contributed by atoms with van der Waals surface area (Å²) >= 11 is 12.1. The summed E-state index contributed by atoms with van der Waals surface area (Å²) in [6, 6.07) is 10.6. The second kappa shape index (κ2) is 8.47. The number of halogens is 2. The van der Waals surface area contributed by atoms with Gasteiger partial charge in [-0.2, -0.15) is 5.26 Å². The van der Waals surface area contributed by atoms with Crippen LogP contribution in [0, 0.1) is 11.3 Å². The number of rotatable bonds is 6. The molecule has 1 aliphatic heterocycles. The molecule has 2 atom stereocenters. The SMILES string of the molecule is N#CC1(NC(=O)[C@@H]2C[C@@H](S(=O)(=O)c3ccccc3Cl)CN2C(=O)C2(c3ccc(Cl)nc3)CC2)CC1. The minimum absolute atomic E-state index is 0.0288. The normalized spacial score (nSPS) is 23.9. The smallest absolute Gasteiger partial charge is 0.244 e. The molecule has 1 aromatic heterocycles. The van der Waals surface area contributed by atoms with Crippen molar-refractivity contribution in [3.05, 3.63) is 58.3 Å². The summed E-state index contributed by atoms with van der Waals surface area (Å²) in [5, 5.41) is 11.5. The maximum Gasteiger partial charge on any atom is 0.244 e. The van der Waals surface area contributed by atoms with Crippen molar-refractivity contribution in [2.45, 2.75) is 59.2 Å². The van der Waals surface area contributed by atoms with E-state index in [1.54, 1.807) is 30.5 Å². The molecule has 2 heterocycles. The number of amides is 2. The third kappa shape index (κ3) is 4.18. The van der Waals surface area contributed by atoms with Gasteiger partial charge in [0.2, 0.25) is 11.8 Å². The molecule has 1 N–H and O–H groups in total. The van der Waals surface area contributed by atoms with Crippen molar-refractivity contribution in [1.29, 1.82) is 5.26 Å². The van der Waals surface area contributed by atoms with Gasteiger partial charge in [-0.1, -0.05) is 41.4 Å². The van der Waals surface area contributed by atoms with Crippen LogP contribution < -0.4 is 5.32 Å². The molecule has 5 rings (SSSR count). The largest absolute Gasteiger partial charge is 0.336 e. The van der Waals surface area contributed by atoms with Crippen LogP contribution >= 0.6 is 23.2 Å². The summed E-state index contributed by atoms with van der Waals surface area (Å²) < 4.78 is 27.0. The van der Waals surface area contributed by atoms with Gasteiger partial charge in [0.25, 0.3) is 0 Å². The first-order valence-corrected chi connectivity index (χ1v) is 13.6. The van der Waals surface area contributed by atoms with Gasteiger partial charge in [-0.05, 0) is 55.9 Å². The monoisotopic (exact) mass is 532 g/mol. The summed E-state index contributed by atoms with van der Waals surface area (Å²) in [5.74, 6) is -0.834. The minimum Gasteiger partial charge on any atom is -0.336 e. The van der Waals surface area contributed by atoms with Gasteiger partial charge >= 0.3 is 0 Å². The predicted octanol–water partition coefficient (Wildman–Crippen LogP) is 3.04. The molecule has 2 saturated carbocycles. The maximum atomic E-state index is 13.9. The summed E-state index contributed by atoms with van der Waals surface area (Å²) in [7, 11) is -3.93. The Morgan fingerprint density at radius 2 is 1.83 bits per heavy atom. The number of pyridine rings is 1. The fourth-order valence-corrected chi connectivity index (χ4v) is 7.07. The minimum atomic E-state index is -3.93. The molecule has 182 valence electrons. The van der Waals surface area contributed by atoms with Crippen LogP contribution in [0.15, 0.2) is 47.5 Å². The molecule has 2 aromatic rings.